The smallest absolute Gasteiger partial charge is 0.430 e. The highest BCUT2D eigenvalue weighted by Gasteiger charge is 2.71. The Hall–Kier alpha value is -2.40. The Morgan fingerprint density at radius 3 is 2.21 bits per heavy atom. The lowest BCUT2D eigenvalue weighted by Gasteiger charge is -2.40. The monoisotopic (exact) mass is 493 g/mol. The molecule has 0 aromatic heterocycles. The maximum Gasteiger partial charge on any atom is 0.430 e. The van der Waals surface area contributed by atoms with E-state index in [-0.39, 0.29) is 10.1 Å². The summed E-state index contributed by atoms with van der Waals surface area (Å²) in [5, 5.41) is 9.59. The standard InChI is InChI=1S/C22H21F6NO3S/c1-3-16-11-29(18(12-30)13-4-7-15(32-2)8-5-13)17-9-6-14(10-19(17)33-16)20(31,21(23,24)25)22(26,27)28/h4-10,12,16,18,31H,3,11H2,1-2H3/t16-,18?/m0/s1. The number of fused-ring (bicyclic) bond motifs is 1. The Morgan fingerprint density at radius 2 is 1.73 bits per heavy atom. The van der Waals surface area contributed by atoms with Crippen molar-refractivity contribution >= 4 is 23.7 Å². The van der Waals surface area contributed by atoms with Gasteiger partial charge in [0.2, 0.25) is 0 Å². The first-order valence-electron chi connectivity index (χ1n) is 9.90. The Balaban J connectivity index is 2.11. The van der Waals surface area contributed by atoms with Crippen LogP contribution in [-0.2, 0) is 10.4 Å². The molecule has 0 saturated carbocycles. The van der Waals surface area contributed by atoms with Crippen LogP contribution < -0.4 is 9.64 Å². The molecule has 33 heavy (non-hydrogen) atoms. The van der Waals surface area contributed by atoms with Crippen LogP contribution in [0.4, 0.5) is 32.0 Å². The summed E-state index contributed by atoms with van der Waals surface area (Å²) < 4.78 is 85.3. The molecule has 2 atom stereocenters. The molecule has 0 saturated heterocycles. The number of ether oxygens (including phenoxy) is 1. The van der Waals surface area contributed by atoms with Gasteiger partial charge in [-0.15, -0.1) is 11.8 Å². The lowest BCUT2D eigenvalue weighted by molar-refractivity contribution is -0.376. The largest absolute Gasteiger partial charge is 0.497 e. The van der Waals surface area contributed by atoms with Crippen LogP contribution in [0.25, 0.3) is 0 Å². The van der Waals surface area contributed by atoms with Gasteiger partial charge < -0.3 is 19.5 Å². The summed E-state index contributed by atoms with van der Waals surface area (Å²) in [5.74, 6) is 0.563. The second-order valence-corrected chi connectivity index (χ2v) is 8.89. The van der Waals surface area contributed by atoms with Crippen LogP contribution in [0.1, 0.15) is 30.5 Å². The van der Waals surface area contributed by atoms with E-state index < -0.39 is 29.6 Å². The van der Waals surface area contributed by atoms with Crippen molar-refractivity contribution in [3.8, 4) is 5.75 Å². The van der Waals surface area contributed by atoms with E-state index in [9.17, 15) is 36.2 Å². The molecule has 11 heteroatoms. The number of hydrogen-bond donors (Lipinski definition) is 1. The van der Waals surface area contributed by atoms with Crippen LogP contribution in [0, 0.1) is 0 Å². The van der Waals surface area contributed by atoms with Gasteiger partial charge in [0.05, 0.1) is 12.8 Å². The van der Waals surface area contributed by atoms with Crippen molar-refractivity contribution in [2.45, 2.75) is 47.5 Å². The highest BCUT2D eigenvalue weighted by atomic mass is 32.2. The SMILES string of the molecule is CC[C@H]1CN(C(C=O)c2ccc(OC)cc2)c2ccc(C(O)(C(F)(F)F)C(F)(F)F)cc2S1. The van der Waals surface area contributed by atoms with Gasteiger partial charge in [-0.25, -0.2) is 0 Å². The van der Waals surface area contributed by atoms with E-state index in [0.717, 1.165) is 17.8 Å². The summed E-state index contributed by atoms with van der Waals surface area (Å²) in [7, 11) is 1.48. The number of nitrogens with zero attached hydrogens (tertiary/aromatic N) is 1. The van der Waals surface area contributed by atoms with Gasteiger partial charge in [0.15, 0.2) is 0 Å². The molecule has 1 unspecified atom stereocenters. The summed E-state index contributed by atoms with van der Waals surface area (Å²) >= 11 is 1.12. The Kier molecular flexibility index (Phi) is 6.95. The Labute approximate surface area is 190 Å². The minimum absolute atomic E-state index is 0.123. The van der Waals surface area contributed by atoms with Crippen LogP contribution >= 0.6 is 11.8 Å². The maximum absolute atomic E-state index is 13.4. The Bertz CT molecular complexity index is 979. The molecule has 4 nitrogen and oxygen atoms in total. The molecule has 0 amide bonds. The molecule has 1 aliphatic rings. The number of anilines is 1. The van der Waals surface area contributed by atoms with Gasteiger partial charge in [-0.1, -0.05) is 25.1 Å². The minimum atomic E-state index is -5.98. The summed E-state index contributed by atoms with van der Waals surface area (Å²) in [6.07, 6.45) is -10.7. The van der Waals surface area contributed by atoms with Crippen LogP contribution in [0.5, 0.6) is 5.75 Å². The molecular formula is C22H21F6NO3S. The number of rotatable bonds is 6. The van der Waals surface area contributed by atoms with Crippen molar-refractivity contribution in [2.75, 3.05) is 18.6 Å². The number of hydrogen-bond acceptors (Lipinski definition) is 5. The zero-order chi connectivity index (χ0) is 24.6. The van der Waals surface area contributed by atoms with Gasteiger partial charge in [-0.05, 0) is 36.2 Å². The molecule has 0 aliphatic carbocycles. The zero-order valence-corrected chi connectivity index (χ0v) is 18.4. The lowest BCUT2D eigenvalue weighted by atomic mass is 9.91. The fourth-order valence-electron chi connectivity index (χ4n) is 3.70. The number of aldehydes is 1. The van der Waals surface area contributed by atoms with Gasteiger partial charge in [0.25, 0.3) is 5.60 Å². The predicted octanol–water partition coefficient (Wildman–Crippen LogP) is 5.64. The normalized spacial score (nSPS) is 18.0. The number of alkyl halides is 6. The molecule has 2 aromatic rings. The molecule has 0 spiro atoms. The van der Waals surface area contributed by atoms with E-state index in [0.29, 0.717) is 48.4 Å². The second-order valence-electron chi connectivity index (χ2n) is 7.54. The van der Waals surface area contributed by atoms with Gasteiger partial charge in [-0.3, -0.25) is 0 Å². The second kappa shape index (κ2) is 9.09. The van der Waals surface area contributed by atoms with E-state index in [4.69, 9.17) is 4.74 Å². The number of thioether (sulfide) groups is 1. The average molecular weight is 493 g/mol. The van der Waals surface area contributed by atoms with Crippen LogP contribution in [0.2, 0.25) is 0 Å². The van der Waals surface area contributed by atoms with E-state index in [2.05, 4.69) is 0 Å². The number of aliphatic hydroxyl groups is 1. The number of halogens is 6. The topological polar surface area (TPSA) is 49.8 Å². The van der Waals surface area contributed by atoms with Crippen LogP contribution in [-0.4, -0.2) is 42.6 Å². The first-order chi connectivity index (χ1) is 15.4. The predicted molar refractivity (Wildman–Crippen MR) is 112 cm³/mol. The summed E-state index contributed by atoms with van der Waals surface area (Å²) in [6.45, 7) is 2.18. The summed E-state index contributed by atoms with van der Waals surface area (Å²) in [5.41, 5.74) is -5.44. The fourth-order valence-corrected chi connectivity index (χ4v) is 4.96. The molecular weight excluding hydrogens is 472 g/mol. The number of methoxy groups -OCH3 is 1. The quantitative estimate of drug-likeness (QED) is 0.417. The van der Waals surface area contributed by atoms with Crippen molar-refractivity contribution < 1.29 is 41.0 Å². The zero-order valence-electron chi connectivity index (χ0n) is 17.6. The average Bonchev–Trinajstić information content (AvgIpc) is 2.77. The maximum atomic E-state index is 13.4. The number of benzene rings is 2. The molecule has 0 fully saturated rings. The van der Waals surface area contributed by atoms with Gasteiger partial charge in [0, 0.05) is 22.3 Å². The lowest BCUT2D eigenvalue weighted by Crippen LogP contribution is -2.54. The van der Waals surface area contributed by atoms with Gasteiger partial charge in [0.1, 0.15) is 18.1 Å². The molecule has 1 heterocycles. The first kappa shape index (κ1) is 25.2. The van der Waals surface area contributed by atoms with Crippen molar-refractivity contribution in [1.82, 2.24) is 0 Å². The molecule has 3 rings (SSSR count). The number of carbonyl (C=O) groups excluding carboxylic acids is 1. The highest BCUT2D eigenvalue weighted by Crippen LogP contribution is 2.52. The molecule has 0 radical (unpaired) electrons. The molecule has 1 aliphatic heterocycles. The van der Waals surface area contributed by atoms with Gasteiger partial charge >= 0.3 is 12.4 Å². The van der Waals surface area contributed by atoms with Crippen molar-refractivity contribution in [2.24, 2.45) is 0 Å². The van der Waals surface area contributed by atoms with Gasteiger partial charge in [-0.2, -0.15) is 26.3 Å². The Morgan fingerprint density at radius 1 is 1.12 bits per heavy atom. The van der Waals surface area contributed by atoms with Crippen molar-refractivity contribution in [3.63, 3.8) is 0 Å². The molecule has 180 valence electrons. The van der Waals surface area contributed by atoms with Crippen LogP contribution in [0.15, 0.2) is 47.4 Å². The molecule has 0 bridgehead atoms. The van der Waals surface area contributed by atoms with E-state index >= 15 is 0 Å². The van der Waals surface area contributed by atoms with Crippen molar-refractivity contribution in [3.05, 3.63) is 53.6 Å². The highest BCUT2D eigenvalue weighted by molar-refractivity contribution is 8.00. The molecule has 2 aromatic carbocycles. The number of carbonyl (C=O) groups is 1. The third kappa shape index (κ3) is 4.52. The van der Waals surface area contributed by atoms with E-state index in [1.807, 2.05) is 6.92 Å². The molecule has 1 N–H and O–H groups in total. The van der Waals surface area contributed by atoms with Crippen molar-refractivity contribution in [1.29, 1.82) is 0 Å². The first-order valence-corrected chi connectivity index (χ1v) is 10.8. The third-order valence-electron chi connectivity index (χ3n) is 5.58. The van der Waals surface area contributed by atoms with E-state index in [1.54, 1.807) is 29.2 Å². The van der Waals surface area contributed by atoms with E-state index in [1.165, 1.54) is 7.11 Å². The third-order valence-corrected chi connectivity index (χ3v) is 6.98. The minimum Gasteiger partial charge on any atom is -0.497 e. The summed E-state index contributed by atoms with van der Waals surface area (Å²) in [6, 6.07) is 8.23. The van der Waals surface area contributed by atoms with Crippen LogP contribution in [0.3, 0.4) is 0 Å². The summed E-state index contributed by atoms with van der Waals surface area (Å²) in [4.78, 5) is 13.8. The fraction of sp³-hybridized carbons (Fsp3) is 0.409.